The molecule has 0 fully saturated rings. The Balaban J connectivity index is 2.15. The van der Waals surface area contributed by atoms with Crippen LogP contribution in [0.4, 0.5) is 0 Å². The van der Waals surface area contributed by atoms with Crippen molar-refractivity contribution in [2.75, 3.05) is 13.7 Å². The van der Waals surface area contributed by atoms with E-state index in [1.54, 1.807) is 20.8 Å². The third-order valence-corrected chi connectivity index (χ3v) is 3.50. The fourth-order valence-corrected chi connectivity index (χ4v) is 1.92. The zero-order valence-corrected chi connectivity index (χ0v) is 12.9. The fraction of sp³-hybridized carbons (Fsp3) is 0.375. The Morgan fingerprint density at radius 3 is 2.27 bits per heavy atom. The molecule has 0 radical (unpaired) electrons. The van der Waals surface area contributed by atoms with E-state index in [4.69, 9.17) is 4.74 Å². The van der Waals surface area contributed by atoms with Crippen molar-refractivity contribution in [3.05, 3.63) is 34.9 Å². The van der Waals surface area contributed by atoms with Gasteiger partial charge in [-0.25, -0.2) is 4.79 Å². The predicted octanol–water partition coefficient (Wildman–Crippen LogP) is 1.68. The maximum atomic E-state index is 12.0. The van der Waals surface area contributed by atoms with Crippen LogP contribution in [0, 0.1) is 5.41 Å². The highest BCUT2D eigenvalue weighted by Crippen LogP contribution is 2.23. The van der Waals surface area contributed by atoms with Crippen molar-refractivity contribution in [1.29, 1.82) is 0 Å². The number of rotatable bonds is 3. The van der Waals surface area contributed by atoms with Crippen LogP contribution >= 0.6 is 0 Å². The van der Waals surface area contributed by atoms with Crippen LogP contribution in [0.25, 0.3) is 0 Å². The maximum Gasteiger partial charge on any atom is 0.338 e. The van der Waals surface area contributed by atoms with E-state index in [0.29, 0.717) is 0 Å². The van der Waals surface area contributed by atoms with Crippen molar-refractivity contribution in [3.8, 4) is 0 Å². The van der Waals surface area contributed by atoms with E-state index in [0.717, 1.165) is 4.90 Å². The predicted molar refractivity (Wildman–Crippen MR) is 77.6 cm³/mol. The molecule has 1 aliphatic heterocycles. The first-order valence-electron chi connectivity index (χ1n) is 6.80. The second-order valence-corrected chi connectivity index (χ2v) is 6.18. The van der Waals surface area contributed by atoms with Crippen molar-refractivity contribution >= 4 is 23.6 Å². The molecule has 2 rings (SSSR count). The summed E-state index contributed by atoms with van der Waals surface area (Å²) in [6.45, 7) is 4.88. The van der Waals surface area contributed by atoms with Crippen molar-refractivity contribution in [3.63, 3.8) is 0 Å². The van der Waals surface area contributed by atoms with Crippen LogP contribution in [0.5, 0.6) is 0 Å². The van der Waals surface area contributed by atoms with Crippen LogP contribution in [0.3, 0.4) is 0 Å². The fourth-order valence-electron chi connectivity index (χ4n) is 1.92. The van der Waals surface area contributed by atoms with Gasteiger partial charge in [0.1, 0.15) is 0 Å². The van der Waals surface area contributed by atoms with Gasteiger partial charge >= 0.3 is 5.97 Å². The monoisotopic (exact) mass is 303 g/mol. The summed E-state index contributed by atoms with van der Waals surface area (Å²) in [5, 5.41) is 0. The van der Waals surface area contributed by atoms with Crippen LogP contribution in [0.1, 0.15) is 51.8 Å². The summed E-state index contributed by atoms with van der Waals surface area (Å²) >= 11 is 0. The van der Waals surface area contributed by atoms with Gasteiger partial charge < -0.3 is 4.74 Å². The maximum absolute atomic E-state index is 12.0. The normalized spacial score (nSPS) is 14.1. The minimum absolute atomic E-state index is 0.136. The second kappa shape index (κ2) is 5.36. The first-order valence-corrected chi connectivity index (χ1v) is 6.80. The van der Waals surface area contributed by atoms with Gasteiger partial charge in [0.2, 0.25) is 0 Å². The number of carbonyl (C=O) groups is 4. The smallest absolute Gasteiger partial charge is 0.338 e. The molecular formula is C16H17NO5. The second-order valence-electron chi connectivity index (χ2n) is 6.18. The summed E-state index contributed by atoms with van der Waals surface area (Å²) in [5.74, 6) is -1.76. The molecule has 0 saturated carbocycles. The summed E-state index contributed by atoms with van der Waals surface area (Å²) in [6.07, 6.45) is 0. The zero-order valence-electron chi connectivity index (χ0n) is 12.9. The molecule has 0 spiro atoms. The van der Waals surface area contributed by atoms with E-state index in [1.807, 2.05) is 0 Å². The largest absolute Gasteiger partial charge is 0.454 e. The molecule has 2 amide bonds. The van der Waals surface area contributed by atoms with Crippen LogP contribution in [-0.4, -0.2) is 42.1 Å². The molecule has 0 bridgehead atoms. The molecule has 1 heterocycles. The van der Waals surface area contributed by atoms with E-state index in [2.05, 4.69) is 0 Å². The number of fused-ring (bicyclic) bond motifs is 1. The molecule has 0 unspecified atom stereocenters. The molecule has 0 aromatic heterocycles. The Labute approximate surface area is 128 Å². The SMILES string of the molecule is CN1C(=O)c2ccc(C(=O)OCC(=O)C(C)(C)C)cc2C1=O. The van der Waals surface area contributed by atoms with Gasteiger partial charge in [-0.1, -0.05) is 20.8 Å². The number of benzene rings is 1. The van der Waals surface area contributed by atoms with E-state index < -0.39 is 23.2 Å². The van der Waals surface area contributed by atoms with Crippen molar-refractivity contribution < 1.29 is 23.9 Å². The number of nitrogens with zero attached hydrogens (tertiary/aromatic N) is 1. The highest BCUT2D eigenvalue weighted by molar-refractivity contribution is 6.21. The van der Waals surface area contributed by atoms with E-state index in [-0.39, 0.29) is 29.1 Å². The van der Waals surface area contributed by atoms with Gasteiger partial charge in [-0.05, 0) is 18.2 Å². The topological polar surface area (TPSA) is 80.8 Å². The molecule has 1 aromatic rings. The van der Waals surface area contributed by atoms with Crippen molar-refractivity contribution in [2.24, 2.45) is 5.41 Å². The molecule has 116 valence electrons. The summed E-state index contributed by atoms with van der Waals surface area (Å²) in [4.78, 5) is 48.3. The molecule has 1 aromatic carbocycles. The van der Waals surface area contributed by atoms with Gasteiger partial charge in [-0.15, -0.1) is 0 Å². The Morgan fingerprint density at radius 2 is 1.68 bits per heavy atom. The number of carbonyl (C=O) groups excluding carboxylic acids is 4. The van der Waals surface area contributed by atoms with Gasteiger partial charge in [0.15, 0.2) is 12.4 Å². The third-order valence-electron chi connectivity index (χ3n) is 3.50. The Kier molecular flexibility index (Phi) is 3.87. The Morgan fingerprint density at radius 1 is 1.09 bits per heavy atom. The highest BCUT2D eigenvalue weighted by atomic mass is 16.5. The van der Waals surface area contributed by atoms with Gasteiger partial charge in [-0.2, -0.15) is 0 Å². The molecule has 0 N–H and O–H groups in total. The zero-order chi connectivity index (χ0) is 16.7. The molecule has 6 heteroatoms. The number of amides is 2. The summed E-state index contributed by atoms with van der Waals surface area (Å²) in [5.41, 5.74) is -0.0284. The number of Topliss-reactive ketones (excluding diaryl/α,β-unsaturated/α-hetero) is 1. The average Bonchev–Trinajstić information content (AvgIpc) is 2.68. The Hall–Kier alpha value is -2.50. The van der Waals surface area contributed by atoms with Crippen LogP contribution < -0.4 is 0 Å². The van der Waals surface area contributed by atoms with Gasteiger partial charge in [-0.3, -0.25) is 19.3 Å². The first kappa shape index (κ1) is 15.9. The van der Waals surface area contributed by atoms with Crippen LogP contribution in [0.2, 0.25) is 0 Å². The molecule has 0 saturated heterocycles. The summed E-state index contributed by atoms with van der Waals surface area (Å²) in [7, 11) is 1.38. The lowest BCUT2D eigenvalue weighted by Gasteiger charge is -2.16. The molecule has 6 nitrogen and oxygen atoms in total. The van der Waals surface area contributed by atoms with E-state index >= 15 is 0 Å². The summed E-state index contributed by atoms with van der Waals surface area (Å²) < 4.78 is 4.97. The number of imide groups is 1. The van der Waals surface area contributed by atoms with Crippen molar-refractivity contribution in [2.45, 2.75) is 20.8 Å². The van der Waals surface area contributed by atoms with E-state index in [1.165, 1.54) is 25.2 Å². The molecule has 22 heavy (non-hydrogen) atoms. The van der Waals surface area contributed by atoms with Crippen LogP contribution in [0.15, 0.2) is 18.2 Å². The minimum Gasteiger partial charge on any atom is -0.454 e. The van der Waals surface area contributed by atoms with Gasteiger partial charge in [0, 0.05) is 12.5 Å². The first-order chi connectivity index (χ1) is 10.1. The number of ether oxygens (including phenoxy) is 1. The number of ketones is 1. The standard InChI is InChI=1S/C16H17NO5/c1-16(2,3)12(18)8-22-15(21)9-5-6-10-11(7-9)14(20)17(4)13(10)19/h5-7H,8H2,1-4H3. The minimum atomic E-state index is -0.699. The lowest BCUT2D eigenvalue weighted by Crippen LogP contribution is -2.26. The quantitative estimate of drug-likeness (QED) is 0.627. The lowest BCUT2D eigenvalue weighted by molar-refractivity contribution is -0.129. The average molecular weight is 303 g/mol. The molecule has 0 aliphatic carbocycles. The summed E-state index contributed by atoms with van der Waals surface area (Å²) in [6, 6.07) is 4.15. The van der Waals surface area contributed by atoms with Gasteiger partial charge in [0.05, 0.1) is 16.7 Å². The number of hydrogen-bond acceptors (Lipinski definition) is 5. The number of esters is 1. The third kappa shape index (κ3) is 2.77. The molecular weight excluding hydrogens is 286 g/mol. The Bertz CT molecular complexity index is 684. The number of hydrogen-bond donors (Lipinski definition) is 0. The van der Waals surface area contributed by atoms with E-state index in [9.17, 15) is 19.2 Å². The highest BCUT2D eigenvalue weighted by Gasteiger charge is 2.33. The lowest BCUT2D eigenvalue weighted by atomic mass is 9.91. The molecule has 0 atom stereocenters. The van der Waals surface area contributed by atoms with Crippen LogP contribution in [-0.2, 0) is 9.53 Å². The van der Waals surface area contributed by atoms with Gasteiger partial charge in [0.25, 0.3) is 11.8 Å². The molecule has 1 aliphatic rings. The van der Waals surface area contributed by atoms with Crippen molar-refractivity contribution in [1.82, 2.24) is 4.90 Å².